The van der Waals surface area contributed by atoms with Crippen LogP contribution in [0.5, 0.6) is 0 Å². The first-order valence-corrected chi connectivity index (χ1v) is 6.91. The minimum Gasteiger partial charge on any atom is -0.330 e. The van der Waals surface area contributed by atoms with E-state index in [-0.39, 0.29) is 11.7 Å². The van der Waals surface area contributed by atoms with E-state index in [0.717, 1.165) is 0 Å². The lowest BCUT2D eigenvalue weighted by Gasteiger charge is -2.19. The van der Waals surface area contributed by atoms with Crippen LogP contribution in [0.1, 0.15) is 20.3 Å². The van der Waals surface area contributed by atoms with Gasteiger partial charge in [0.05, 0.1) is 17.4 Å². The summed E-state index contributed by atoms with van der Waals surface area (Å²) in [7, 11) is -3.69. The lowest BCUT2D eigenvalue weighted by Crippen LogP contribution is -2.37. The van der Waals surface area contributed by atoms with Crippen molar-refractivity contribution < 1.29 is 21.6 Å². The van der Waals surface area contributed by atoms with Gasteiger partial charge in [-0.05, 0) is 5.92 Å². The van der Waals surface area contributed by atoms with Gasteiger partial charge in [0.2, 0.25) is 0 Å². The van der Waals surface area contributed by atoms with Gasteiger partial charge in [-0.15, -0.1) is 0 Å². The van der Waals surface area contributed by atoms with Crippen LogP contribution in [0.2, 0.25) is 0 Å². The van der Waals surface area contributed by atoms with E-state index in [2.05, 4.69) is 0 Å². The molecule has 0 amide bonds. The summed E-state index contributed by atoms with van der Waals surface area (Å²) in [6.07, 6.45) is -3.92. The third-order valence-electron chi connectivity index (χ3n) is 2.44. The number of rotatable bonds is 6. The van der Waals surface area contributed by atoms with Crippen molar-refractivity contribution in [3.63, 3.8) is 0 Å². The SMILES string of the molecule is CCC(C)CS(=O)(=O)CC(CN)C(F)(F)F. The van der Waals surface area contributed by atoms with Gasteiger partial charge >= 0.3 is 6.18 Å². The van der Waals surface area contributed by atoms with Crippen molar-refractivity contribution in [3.8, 4) is 0 Å². The maximum absolute atomic E-state index is 12.3. The molecule has 0 rings (SSSR count). The Morgan fingerprint density at radius 3 is 2.06 bits per heavy atom. The Morgan fingerprint density at radius 2 is 1.75 bits per heavy atom. The molecule has 0 heterocycles. The van der Waals surface area contributed by atoms with Gasteiger partial charge in [0, 0.05) is 6.54 Å². The van der Waals surface area contributed by atoms with Crippen LogP contribution in [0, 0.1) is 11.8 Å². The van der Waals surface area contributed by atoms with E-state index >= 15 is 0 Å². The maximum Gasteiger partial charge on any atom is 0.393 e. The quantitative estimate of drug-likeness (QED) is 0.789. The fourth-order valence-electron chi connectivity index (χ4n) is 1.22. The van der Waals surface area contributed by atoms with Gasteiger partial charge in [-0.3, -0.25) is 0 Å². The van der Waals surface area contributed by atoms with Crippen molar-refractivity contribution in [2.45, 2.75) is 26.4 Å². The van der Waals surface area contributed by atoms with Gasteiger partial charge in [-0.25, -0.2) is 8.42 Å². The number of sulfone groups is 1. The normalized spacial score (nSPS) is 17.1. The highest BCUT2D eigenvalue weighted by Crippen LogP contribution is 2.27. The van der Waals surface area contributed by atoms with Crippen LogP contribution in [-0.2, 0) is 9.84 Å². The third-order valence-corrected chi connectivity index (χ3v) is 4.43. The molecule has 0 aromatic heterocycles. The molecule has 3 nitrogen and oxygen atoms in total. The molecule has 0 aliphatic carbocycles. The monoisotopic (exact) mass is 261 g/mol. The minimum atomic E-state index is -4.54. The number of hydrogen-bond acceptors (Lipinski definition) is 3. The Labute approximate surface area is 94.1 Å². The van der Waals surface area contributed by atoms with E-state index < -0.39 is 34.2 Å². The van der Waals surface area contributed by atoms with Gasteiger partial charge in [-0.1, -0.05) is 20.3 Å². The third kappa shape index (κ3) is 5.69. The lowest BCUT2D eigenvalue weighted by molar-refractivity contribution is -0.165. The summed E-state index contributed by atoms with van der Waals surface area (Å²) in [5, 5.41) is 0. The van der Waals surface area contributed by atoms with Crippen LogP contribution in [0.4, 0.5) is 13.2 Å². The second-order valence-electron chi connectivity index (χ2n) is 4.06. The maximum atomic E-state index is 12.3. The van der Waals surface area contributed by atoms with Crippen molar-refractivity contribution in [2.75, 3.05) is 18.1 Å². The molecule has 0 saturated carbocycles. The summed E-state index contributed by atoms with van der Waals surface area (Å²) in [6, 6.07) is 0. The predicted octanol–water partition coefficient (Wildman–Crippen LogP) is 1.58. The zero-order chi connectivity index (χ0) is 13.0. The van der Waals surface area contributed by atoms with Crippen LogP contribution >= 0.6 is 0 Å². The first-order valence-electron chi connectivity index (χ1n) is 5.09. The molecule has 0 aromatic rings. The van der Waals surface area contributed by atoms with E-state index in [9.17, 15) is 21.6 Å². The molecule has 16 heavy (non-hydrogen) atoms. The molecular formula is C9H18F3NO2S. The highest BCUT2D eigenvalue weighted by molar-refractivity contribution is 7.91. The molecule has 0 bridgehead atoms. The molecule has 0 aliphatic rings. The summed E-state index contributed by atoms with van der Waals surface area (Å²) in [5.41, 5.74) is 4.94. The Morgan fingerprint density at radius 1 is 1.25 bits per heavy atom. The molecule has 0 radical (unpaired) electrons. The summed E-state index contributed by atoms with van der Waals surface area (Å²) in [6.45, 7) is 2.80. The number of hydrogen-bond donors (Lipinski definition) is 1. The van der Waals surface area contributed by atoms with Crippen LogP contribution in [0.25, 0.3) is 0 Å². The highest BCUT2D eigenvalue weighted by Gasteiger charge is 2.41. The molecule has 0 saturated heterocycles. The summed E-state index contributed by atoms with van der Waals surface area (Å²) >= 11 is 0. The van der Waals surface area contributed by atoms with Crippen LogP contribution in [0.3, 0.4) is 0 Å². The fraction of sp³-hybridized carbons (Fsp3) is 1.00. The molecule has 0 aromatic carbocycles. The second kappa shape index (κ2) is 5.86. The highest BCUT2D eigenvalue weighted by atomic mass is 32.2. The van der Waals surface area contributed by atoms with Crippen molar-refractivity contribution in [2.24, 2.45) is 17.6 Å². The molecule has 0 aliphatic heterocycles. The van der Waals surface area contributed by atoms with Crippen LogP contribution < -0.4 is 5.73 Å². The Balaban J connectivity index is 4.57. The smallest absolute Gasteiger partial charge is 0.330 e. The van der Waals surface area contributed by atoms with Gasteiger partial charge in [0.15, 0.2) is 9.84 Å². The molecule has 2 N–H and O–H groups in total. The van der Waals surface area contributed by atoms with Gasteiger partial charge < -0.3 is 5.73 Å². The average molecular weight is 261 g/mol. The molecule has 2 unspecified atom stereocenters. The summed E-state index contributed by atoms with van der Waals surface area (Å²) in [5.74, 6) is -3.20. The van der Waals surface area contributed by atoms with Gasteiger partial charge in [-0.2, -0.15) is 13.2 Å². The topological polar surface area (TPSA) is 60.2 Å². The first kappa shape index (κ1) is 15.7. The average Bonchev–Trinajstić information content (AvgIpc) is 2.11. The zero-order valence-electron chi connectivity index (χ0n) is 9.42. The van der Waals surface area contributed by atoms with E-state index in [1.807, 2.05) is 0 Å². The van der Waals surface area contributed by atoms with E-state index in [4.69, 9.17) is 5.73 Å². The standard InChI is InChI=1S/C9H18F3NO2S/c1-3-7(2)5-16(14,15)6-8(4-13)9(10,11)12/h7-8H,3-6,13H2,1-2H3. The molecule has 2 atom stereocenters. The summed E-state index contributed by atoms with van der Waals surface area (Å²) in [4.78, 5) is 0. The Hall–Kier alpha value is -0.300. The second-order valence-corrected chi connectivity index (χ2v) is 6.22. The van der Waals surface area contributed by atoms with E-state index in [0.29, 0.717) is 6.42 Å². The lowest BCUT2D eigenvalue weighted by atomic mass is 10.2. The molecule has 0 spiro atoms. The van der Waals surface area contributed by atoms with Crippen molar-refractivity contribution in [3.05, 3.63) is 0 Å². The first-order chi connectivity index (χ1) is 7.12. The zero-order valence-corrected chi connectivity index (χ0v) is 10.2. The van der Waals surface area contributed by atoms with E-state index in [1.54, 1.807) is 13.8 Å². The minimum absolute atomic E-state index is 0.128. The predicted molar refractivity (Wildman–Crippen MR) is 56.7 cm³/mol. The summed E-state index contributed by atoms with van der Waals surface area (Å²) < 4.78 is 59.9. The molecule has 0 fully saturated rings. The van der Waals surface area contributed by atoms with E-state index in [1.165, 1.54) is 0 Å². The van der Waals surface area contributed by atoms with Gasteiger partial charge in [0.25, 0.3) is 0 Å². The molecule has 98 valence electrons. The number of alkyl halides is 3. The van der Waals surface area contributed by atoms with Gasteiger partial charge in [0.1, 0.15) is 0 Å². The Bertz CT molecular complexity index is 300. The number of halogens is 3. The Kier molecular flexibility index (Phi) is 5.75. The molecular weight excluding hydrogens is 243 g/mol. The van der Waals surface area contributed by atoms with Crippen LogP contribution in [0.15, 0.2) is 0 Å². The number of nitrogens with two attached hydrogens (primary N) is 1. The van der Waals surface area contributed by atoms with Crippen molar-refractivity contribution >= 4 is 9.84 Å². The van der Waals surface area contributed by atoms with Crippen LogP contribution in [-0.4, -0.2) is 32.6 Å². The fourth-order valence-corrected chi connectivity index (χ4v) is 3.40. The van der Waals surface area contributed by atoms with Crippen molar-refractivity contribution in [1.82, 2.24) is 0 Å². The van der Waals surface area contributed by atoms with Crippen molar-refractivity contribution in [1.29, 1.82) is 0 Å². The molecule has 7 heteroatoms. The largest absolute Gasteiger partial charge is 0.393 e.